The van der Waals surface area contributed by atoms with Gasteiger partial charge in [0.2, 0.25) is 5.89 Å². The molecule has 0 spiro atoms. The van der Waals surface area contributed by atoms with Crippen LogP contribution in [-0.4, -0.2) is 23.1 Å². The van der Waals surface area contributed by atoms with Crippen molar-refractivity contribution >= 4 is 50.8 Å². The molecule has 1 aromatic heterocycles. The molecule has 0 unspecified atom stereocenters. The van der Waals surface area contributed by atoms with Crippen LogP contribution in [0.5, 0.6) is 5.75 Å². The number of oxazole rings is 1. The Hall–Kier alpha value is -4.30. The summed E-state index contributed by atoms with van der Waals surface area (Å²) in [6.07, 6.45) is 0. The first-order valence-electron chi connectivity index (χ1n) is 10.4. The highest BCUT2D eigenvalue weighted by molar-refractivity contribution is 7.80. The third-order valence-corrected chi connectivity index (χ3v) is 5.48. The van der Waals surface area contributed by atoms with Gasteiger partial charge in [-0.2, -0.15) is 0 Å². The minimum atomic E-state index is -0.388. The number of hydrogen-bond donors (Lipinski definition) is 2. The van der Waals surface area contributed by atoms with Crippen molar-refractivity contribution in [2.75, 3.05) is 12.4 Å². The molecule has 1 amide bonds. The van der Waals surface area contributed by atoms with Crippen molar-refractivity contribution in [2.45, 2.75) is 0 Å². The van der Waals surface area contributed by atoms with Crippen LogP contribution in [0.25, 0.3) is 33.3 Å². The lowest BCUT2D eigenvalue weighted by molar-refractivity contribution is 0.0975. The Labute approximate surface area is 199 Å². The predicted octanol–water partition coefficient (Wildman–Crippen LogP) is 5.92. The van der Waals surface area contributed by atoms with Gasteiger partial charge >= 0.3 is 0 Å². The molecule has 0 saturated carbocycles. The number of carbonyl (C=O) groups is 1. The number of aromatic nitrogens is 1. The second-order valence-electron chi connectivity index (χ2n) is 7.52. The molecule has 0 bridgehead atoms. The number of benzene rings is 4. The quantitative estimate of drug-likeness (QED) is 0.317. The molecule has 0 radical (unpaired) electrons. The van der Waals surface area contributed by atoms with E-state index < -0.39 is 0 Å². The maximum atomic E-state index is 13.2. The highest BCUT2D eigenvalue weighted by atomic mass is 32.1. The van der Waals surface area contributed by atoms with E-state index in [0.717, 1.165) is 10.8 Å². The smallest absolute Gasteiger partial charge is 0.261 e. The number of ether oxygens (including phenoxy) is 1. The van der Waals surface area contributed by atoms with Gasteiger partial charge in [0.05, 0.1) is 12.7 Å². The number of amides is 1. The Morgan fingerprint density at radius 3 is 2.47 bits per heavy atom. The van der Waals surface area contributed by atoms with Crippen molar-refractivity contribution in [3.63, 3.8) is 0 Å². The normalized spacial score (nSPS) is 10.9. The molecule has 0 aliphatic carbocycles. The van der Waals surface area contributed by atoms with Crippen LogP contribution >= 0.6 is 12.2 Å². The second kappa shape index (κ2) is 8.92. The minimum Gasteiger partial charge on any atom is -0.496 e. The lowest BCUT2D eigenvalue weighted by Crippen LogP contribution is -2.34. The van der Waals surface area contributed by atoms with Gasteiger partial charge < -0.3 is 14.5 Å². The van der Waals surface area contributed by atoms with Crippen LogP contribution in [-0.2, 0) is 0 Å². The lowest BCUT2D eigenvalue weighted by atomic mass is 10.1. The van der Waals surface area contributed by atoms with Crippen molar-refractivity contribution in [1.82, 2.24) is 10.3 Å². The largest absolute Gasteiger partial charge is 0.496 e. The fourth-order valence-corrected chi connectivity index (χ4v) is 3.83. The van der Waals surface area contributed by atoms with Gasteiger partial charge in [-0.05, 0) is 77.6 Å². The Balaban J connectivity index is 1.33. The molecular formula is C26H18FN3O3S. The zero-order chi connectivity index (χ0) is 23.7. The van der Waals surface area contributed by atoms with Crippen LogP contribution in [0.2, 0.25) is 0 Å². The lowest BCUT2D eigenvalue weighted by Gasteiger charge is -2.12. The third kappa shape index (κ3) is 4.31. The van der Waals surface area contributed by atoms with Gasteiger partial charge in [-0.15, -0.1) is 0 Å². The Kier molecular flexibility index (Phi) is 5.65. The summed E-state index contributed by atoms with van der Waals surface area (Å²) in [5.74, 6) is 0.118. The van der Waals surface area contributed by atoms with E-state index in [0.29, 0.717) is 39.6 Å². The second-order valence-corrected chi connectivity index (χ2v) is 7.92. The van der Waals surface area contributed by atoms with Crippen molar-refractivity contribution in [2.24, 2.45) is 0 Å². The summed E-state index contributed by atoms with van der Waals surface area (Å²) in [7, 11) is 1.52. The van der Waals surface area contributed by atoms with Crippen molar-refractivity contribution in [3.8, 4) is 17.2 Å². The maximum absolute atomic E-state index is 13.2. The number of nitrogens with zero attached hydrogens (tertiary/aromatic N) is 1. The molecule has 5 rings (SSSR count). The van der Waals surface area contributed by atoms with E-state index in [1.807, 2.05) is 30.3 Å². The topological polar surface area (TPSA) is 76.4 Å². The maximum Gasteiger partial charge on any atom is 0.261 e. The number of rotatable bonds is 4. The molecule has 1 heterocycles. The van der Waals surface area contributed by atoms with E-state index in [9.17, 15) is 9.18 Å². The molecule has 6 nitrogen and oxygen atoms in total. The molecule has 0 saturated heterocycles. The van der Waals surface area contributed by atoms with Gasteiger partial charge in [0.1, 0.15) is 17.1 Å². The van der Waals surface area contributed by atoms with Gasteiger partial charge in [-0.25, -0.2) is 9.37 Å². The van der Waals surface area contributed by atoms with E-state index in [1.54, 1.807) is 36.4 Å². The van der Waals surface area contributed by atoms with Crippen LogP contribution in [0.15, 0.2) is 83.3 Å². The fraction of sp³-hybridized carbons (Fsp3) is 0.0385. The van der Waals surface area contributed by atoms with E-state index in [-0.39, 0.29) is 16.8 Å². The summed E-state index contributed by atoms with van der Waals surface area (Å²) in [5.41, 5.74) is 2.83. The van der Waals surface area contributed by atoms with E-state index in [2.05, 4.69) is 15.6 Å². The average molecular weight is 472 g/mol. The van der Waals surface area contributed by atoms with Gasteiger partial charge in [0.15, 0.2) is 10.7 Å². The van der Waals surface area contributed by atoms with Gasteiger partial charge in [-0.1, -0.05) is 24.3 Å². The number of methoxy groups -OCH3 is 1. The monoisotopic (exact) mass is 471 g/mol. The Morgan fingerprint density at radius 2 is 1.74 bits per heavy atom. The number of anilines is 1. The summed E-state index contributed by atoms with van der Waals surface area (Å²) in [4.78, 5) is 17.4. The third-order valence-electron chi connectivity index (χ3n) is 5.28. The van der Waals surface area contributed by atoms with Crippen molar-refractivity contribution < 1.29 is 18.3 Å². The predicted molar refractivity (Wildman–Crippen MR) is 134 cm³/mol. The molecule has 0 aliphatic heterocycles. The van der Waals surface area contributed by atoms with Crippen LogP contribution in [0, 0.1) is 5.82 Å². The van der Waals surface area contributed by atoms with Crippen molar-refractivity contribution in [3.05, 3.63) is 90.2 Å². The number of thiocarbonyl (C=S) groups is 1. The fourth-order valence-electron chi connectivity index (χ4n) is 3.62. The number of hydrogen-bond acceptors (Lipinski definition) is 5. The summed E-state index contributed by atoms with van der Waals surface area (Å²) in [6.45, 7) is 0. The first-order valence-corrected chi connectivity index (χ1v) is 10.8. The number of halogens is 1. The molecular weight excluding hydrogens is 453 g/mol. The molecule has 8 heteroatoms. The van der Waals surface area contributed by atoms with Crippen LogP contribution in [0.3, 0.4) is 0 Å². The zero-order valence-corrected chi connectivity index (χ0v) is 18.8. The average Bonchev–Trinajstić information content (AvgIpc) is 3.27. The summed E-state index contributed by atoms with van der Waals surface area (Å²) < 4.78 is 24.3. The van der Waals surface area contributed by atoms with Gasteiger partial charge in [-0.3, -0.25) is 10.1 Å². The summed E-state index contributed by atoms with van der Waals surface area (Å²) >= 11 is 5.34. The molecule has 4 aromatic carbocycles. The highest BCUT2D eigenvalue weighted by Crippen LogP contribution is 2.27. The van der Waals surface area contributed by atoms with Crippen molar-refractivity contribution in [1.29, 1.82) is 0 Å². The highest BCUT2D eigenvalue weighted by Gasteiger charge is 2.16. The zero-order valence-electron chi connectivity index (χ0n) is 18.0. The number of nitrogens with one attached hydrogen (secondary N) is 2. The molecule has 5 aromatic rings. The molecule has 34 heavy (non-hydrogen) atoms. The Bertz CT molecular complexity index is 1550. The van der Waals surface area contributed by atoms with Gasteiger partial charge in [0.25, 0.3) is 5.91 Å². The summed E-state index contributed by atoms with van der Waals surface area (Å²) in [5, 5.41) is 7.70. The van der Waals surface area contributed by atoms with E-state index in [1.165, 1.54) is 19.2 Å². The molecule has 0 aliphatic rings. The standard InChI is InChI=1S/C26H18FN3O3S/c1-32-23-13-17-5-3-2-4-16(17)12-20(23)24(31)30-26(34)28-19-10-11-22-21(14-19)29-25(33-22)15-6-8-18(27)9-7-15/h2-14H,1H3,(H2,28,30,31,34). The van der Waals surface area contributed by atoms with Gasteiger partial charge in [0, 0.05) is 11.3 Å². The minimum absolute atomic E-state index is 0.127. The Morgan fingerprint density at radius 1 is 1.00 bits per heavy atom. The van der Waals surface area contributed by atoms with E-state index in [4.69, 9.17) is 21.4 Å². The first-order chi connectivity index (χ1) is 16.5. The van der Waals surface area contributed by atoms with Crippen LogP contribution < -0.4 is 15.4 Å². The molecule has 0 atom stereocenters. The van der Waals surface area contributed by atoms with E-state index >= 15 is 0 Å². The first kappa shape index (κ1) is 21.5. The molecule has 0 fully saturated rings. The van der Waals surface area contributed by atoms with Crippen LogP contribution in [0.1, 0.15) is 10.4 Å². The number of fused-ring (bicyclic) bond motifs is 2. The SMILES string of the molecule is COc1cc2ccccc2cc1C(=O)NC(=S)Nc1ccc2oc(-c3ccc(F)cc3)nc2c1. The molecule has 2 N–H and O–H groups in total. The summed E-state index contributed by atoms with van der Waals surface area (Å²) in [6, 6.07) is 22.5. The molecule has 168 valence electrons. The van der Waals surface area contributed by atoms with Crippen LogP contribution in [0.4, 0.5) is 10.1 Å². The number of carbonyl (C=O) groups excluding carboxylic acids is 1.